The molecule has 10 heteroatoms. The molecule has 0 fully saturated rings. The van der Waals surface area contributed by atoms with Gasteiger partial charge in [0.05, 0.1) is 21.6 Å². The van der Waals surface area contributed by atoms with E-state index in [4.69, 9.17) is 14.0 Å². The summed E-state index contributed by atoms with van der Waals surface area (Å²) in [6.45, 7) is 3.81. The molecular weight excluding hydrogens is 370 g/mol. The molecule has 1 N–H and O–H groups in total. The van der Waals surface area contributed by atoms with Crippen molar-refractivity contribution in [3.05, 3.63) is 41.4 Å². The summed E-state index contributed by atoms with van der Waals surface area (Å²) in [6.07, 6.45) is 0. The van der Waals surface area contributed by atoms with Crippen molar-refractivity contribution in [1.29, 1.82) is 0 Å². The van der Waals surface area contributed by atoms with Crippen molar-refractivity contribution >= 4 is 33.3 Å². The molecule has 1 amide bonds. The van der Waals surface area contributed by atoms with Crippen LogP contribution < -0.4 is 14.8 Å². The number of thiazole rings is 1. The maximum atomic E-state index is 12.4. The van der Waals surface area contributed by atoms with E-state index in [1.54, 1.807) is 23.7 Å². The van der Waals surface area contributed by atoms with E-state index in [9.17, 15) is 4.79 Å². The van der Waals surface area contributed by atoms with Crippen LogP contribution in [0.3, 0.4) is 0 Å². The predicted octanol–water partition coefficient (Wildman–Crippen LogP) is 3.07. The van der Waals surface area contributed by atoms with Crippen molar-refractivity contribution in [1.82, 2.24) is 19.9 Å². The Bertz CT molecular complexity index is 1150. The van der Waals surface area contributed by atoms with Crippen LogP contribution in [0.15, 0.2) is 28.8 Å². The fourth-order valence-corrected chi connectivity index (χ4v) is 3.72. The Kier molecular flexibility index (Phi) is 3.41. The maximum absolute atomic E-state index is 12.4. The SMILES string of the molecule is Cc1cc(C(=O)Nc2cc(C)nn2-c2nc3cc4c(cc3s2)OCO4)on1. The van der Waals surface area contributed by atoms with E-state index in [1.807, 2.05) is 19.1 Å². The summed E-state index contributed by atoms with van der Waals surface area (Å²) in [5.41, 5.74) is 2.15. The average Bonchev–Trinajstić information content (AvgIpc) is 3.38. The number of benzene rings is 1. The molecule has 4 heterocycles. The highest BCUT2D eigenvalue weighted by Crippen LogP contribution is 2.38. The number of aryl methyl sites for hydroxylation is 2. The molecule has 1 aliphatic heterocycles. The number of nitrogens with one attached hydrogen (secondary N) is 1. The van der Waals surface area contributed by atoms with Gasteiger partial charge in [0.15, 0.2) is 11.5 Å². The molecule has 0 atom stereocenters. The minimum Gasteiger partial charge on any atom is -0.454 e. The van der Waals surface area contributed by atoms with Gasteiger partial charge in [0, 0.05) is 24.3 Å². The van der Waals surface area contributed by atoms with Gasteiger partial charge in [-0.3, -0.25) is 4.79 Å². The van der Waals surface area contributed by atoms with Gasteiger partial charge in [0.2, 0.25) is 17.7 Å². The fraction of sp³-hybridized carbons (Fsp3) is 0.176. The van der Waals surface area contributed by atoms with Crippen molar-refractivity contribution < 1.29 is 18.8 Å². The van der Waals surface area contributed by atoms with Gasteiger partial charge < -0.3 is 19.3 Å². The molecule has 3 aromatic heterocycles. The first-order chi connectivity index (χ1) is 13.1. The highest BCUT2D eigenvalue weighted by Gasteiger charge is 2.20. The van der Waals surface area contributed by atoms with Crippen LogP contribution in [0, 0.1) is 13.8 Å². The van der Waals surface area contributed by atoms with Crippen LogP contribution in [-0.2, 0) is 0 Å². The van der Waals surface area contributed by atoms with Gasteiger partial charge in [-0.1, -0.05) is 16.5 Å². The first-order valence-electron chi connectivity index (χ1n) is 8.09. The lowest BCUT2D eigenvalue weighted by atomic mass is 10.3. The van der Waals surface area contributed by atoms with Crippen LogP contribution >= 0.6 is 11.3 Å². The van der Waals surface area contributed by atoms with E-state index in [2.05, 4.69) is 20.6 Å². The molecule has 0 saturated carbocycles. The number of hydrogen-bond acceptors (Lipinski definition) is 8. The van der Waals surface area contributed by atoms with E-state index in [1.165, 1.54) is 11.3 Å². The number of fused-ring (bicyclic) bond motifs is 2. The number of aromatic nitrogens is 4. The van der Waals surface area contributed by atoms with Crippen molar-refractivity contribution in [3.8, 4) is 16.6 Å². The number of amides is 1. The summed E-state index contributed by atoms with van der Waals surface area (Å²) >= 11 is 1.44. The zero-order valence-electron chi connectivity index (χ0n) is 14.3. The molecule has 0 saturated heterocycles. The van der Waals surface area contributed by atoms with Gasteiger partial charge >= 0.3 is 0 Å². The summed E-state index contributed by atoms with van der Waals surface area (Å²) in [4.78, 5) is 17.0. The number of hydrogen-bond donors (Lipinski definition) is 1. The smallest absolute Gasteiger partial charge is 0.295 e. The lowest BCUT2D eigenvalue weighted by Gasteiger charge is -2.04. The predicted molar refractivity (Wildman–Crippen MR) is 96.8 cm³/mol. The van der Waals surface area contributed by atoms with Gasteiger partial charge in [-0.2, -0.15) is 9.78 Å². The van der Waals surface area contributed by atoms with Crippen LogP contribution in [-0.4, -0.2) is 32.6 Å². The number of rotatable bonds is 3. The first-order valence-corrected chi connectivity index (χ1v) is 8.90. The minimum absolute atomic E-state index is 0.132. The molecule has 5 rings (SSSR count). The summed E-state index contributed by atoms with van der Waals surface area (Å²) in [6, 6.07) is 7.07. The minimum atomic E-state index is -0.404. The maximum Gasteiger partial charge on any atom is 0.295 e. The highest BCUT2D eigenvalue weighted by atomic mass is 32.1. The van der Waals surface area contributed by atoms with E-state index < -0.39 is 5.91 Å². The molecule has 1 aliphatic rings. The summed E-state index contributed by atoms with van der Waals surface area (Å²) in [5, 5.41) is 11.6. The normalized spacial score (nSPS) is 12.7. The van der Waals surface area contributed by atoms with E-state index in [0.717, 1.165) is 15.9 Å². The van der Waals surface area contributed by atoms with Gasteiger partial charge in [0.25, 0.3) is 5.91 Å². The van der Waals surface area contributed by atoms with Crippen LogP contribution in [0.5, 0.6) is 11.5 Å². The Morgan fingerprint density at radius 3 is 2.74 bits per heavy atom. The Hall–Kier alpha value is -3.40. The molecule has 0 spiro atoms. The molecule has 1 aromatic carbocycles. The number of nitrogens with zero attached hydrogens (tertiary/aromatic N) is 4. The van der Waals surface area contributed by atoms with Gasteiger partial charge in [0.1, 0.15) is 5.82 Å². The van der Waals surface area contributed by atoms with E-state index >= 15 is 0 Å². The first kappa shape index (κ1) is 15.8. The molecule has 4 aromatic rings. The van der Waals surface area contributed by atoms with Gasteiger partial charge in [-0.15, -0.1) is 0 Å². The van der Waals surface area contributed by atoms with Crippen LogP contribution in [0.1, 0.15) is 21.9 Å². The lowest BCUT2D eigenvalue weighted by molar-refractivity contribution is 0.0987. The molecule has 0 radical (unpaired) electrons. The van der Waals surface area contributed by atoms with Gasteiger partial charge in [-0.25, -0.2) is 4.98 Å². The molecule has 0 unspecified atom stereocenters. The summed E-state index contributed by atoms with van der Waals surface area (Å²) in [7, 11) is 0. The summed E-state index contributed by atoms with van der Waals surface area (Å²) in [5.74, 6) is 1.59. The molecule has 9 nitrogen and oxygen atoms in total. The van der Waals surface area contributed by atoms with E-state index in [0.29, 0.717) is 28.1 Å². The molecular formula is C17H13N5O4S. The average molecular weight is 383 g/mol. The van der Waals surface area contributed by atoms with Crippen molar-refractivity contribution in [3.63, 3.8) is 0 Å². The van der Waals surface area contributed by atoms with Crippen molar-refractivity contribution in [2.75, 3.05) is 12.1 Å². The lowest BCUT2D eigenvalue weighted by Crippen LogP contribution is -2.14. The number of anilines is 1. The van der Waals surface area contributed by atoms with Gasteiger partial charge in [-0.05, 0) is 13.8 Å². The Labute approximate surface area is 156 Å². The molecule has 0 aliphatic carbocycles. The quantitative estimate of drug-likeness (QED) is 0.580. The largest absolute Gasteiger partial charge is 0.454 e. The van der Waals surface area contributed by atoms with E-state index in [-0.39, 0.29) is 12.6 Å². The highest BCUT2D eigenvalue weighted by molar-refractivity contribution is 7.20. The van der Waals surface area contributed by atoms with Crippen LogP contribution in [0.4, 0.5) is 5.82 Å². The standard InChI is InChI=1S/C17H13N5O4S/c1-8-4-15(19-16(23)13-3-9(2)21-26-13)22(20-8)17-18-10-5-11-12(25-7-24-11)6-14(10)27-17/h3-6H,7H2,1-2H3,(H,19,23). The Morgan fingerprint density at radius 2 is 1.96 bits per heavy atom. The van der Waals surface area contributed by atoms with Crippen LogP contribution in [0.25, 0.3) is 15.3 Å². The number of carbonyl (C=O) groups is 1. The summed E-state index contributed by atoms with van der Waals surface area (Å²) < 4.78 is 18.4. The molecule has 27 heavy (non-hydrogen) atoms. The third-order valence-electron chi connectivity index (χ3n) is 3.98. The zero-order valence-corrected chi connectivity index (χ0v) is 15.2. The van der Waals surface area contributed by atoms with Crippen molar-refractivity contribution in [2.45, 2.75) is 13.8 Å². The Morgan fingerprint density at radius 1 is 1.15 bits per heavy atom. The third kappa shape index (κ3) is 2.70. The monoisotopic (exact) mass is 383 g/mol. The Balaban J connectivity index is 1.52. The second-order valence-electron chi connectivity index (χ2n) is 6.04. The zero-order chi connectivity index (χ0) is 18.5. The second-order valence-corrected chi connectivity index (χ2v) is 7.05. The fourth-order valence-electron chi connectivity index (χ4n) is 2.78. The number of ether oxygens (including phenoxy) is 2. The van der Waals surface area contributed by atoms with Crippen molar-refractivity contribution in [2.24, 2.45) is 0 Å². The molecule has 136 valence electrons. The van der Waals surface area contributed by atoms with Crippen LogP contribution in [0.2, 0.25) is 0 Å². The molecule has 0 bridgehead atoms. The third-order valence-corrected chi connectivity index (χ3v) is 4.97. The second kappa shape index (κ2) is 5.81. The topological polar surface area (TPSA) is 104 Å². The number of carbonyl (C=O) groups excluding carboxylic acids is 1.